The summed E-state index contributed by atoms with van der Waals surface area (Å²) in [6.45, 7) is 7.47. The molecule has 2 atom stereocenters. The van der Waals surface area contributed by atoms with Crippen molar-refractivity contribution >= 4 is 0 Å². The minimum Gasteiger partial charge on any atom is -0.494 e. The van der Waals surface area contributed by atoms with Gasteiger partial charge < -0.3 is 10.1 Å². The summed E-state index contributed by atoms with van der Waals surface area (Å²) in [7, 11) is 2.00. The zero-order valence-electron chi connectivity index (χ0n) is 12.2. The van der Waals surface area contributed by atoms with Crippen LogP contribution in [0.15, 0.2) is 24.3 Å². The third-order valence-electron chi connectivity index (χ3n) is 3.60. The van der Waals surface area contributed by atoms with Gasteiger partial charge in [0.2, 0.25) is 0 Å². The van der Waals surface area contributed by atoms with Crippen LogP contribution in [0.2, 0.25) is 0 Å². The maximum Gasteiger partial charge on any atom is 0.119 e. The van der Waals surface area contributed by atoms with Crippen LogP contribution in [0.4, 0.5) is 0 Å². The first kappa shape index (κ1) is 15.0. The van der Waals surface area contributed by atoms with Crippen molar-refractivity contribution in [3.63, 3.8) is 0 Å². The molecule has 0 amide bonds. The van der Waals surface area contributed by atoms with Crippen molar-refractivity contribution in [3.8, 4) is 5.75 Å². The van der Waals surface area contributed by atoms with Gasteiger partial charge in [-0.3, -0.25) is 0 Å². The van der Waals surface area contributed by atoms with Gasteiger partial charge in [-0.2, -0.15) is 0 Å². The Hall–Kier alpha value is -1.02. The molecule has 0 aromatic heterocycles. The molecular weight excluding hydrogens is 222 g/mol. The van der Waals surface area contributed by atoms with Gasteiger partial charge in [0.1, 0.15) is 5.75 Å². The van der Waals surface area contributed by atoms with Crippen LogP contribution < -0.4 is 10.1 Å². The summed E-state index contributed by atoms with van der Waals surface area (Å²) in [6, 6.07) is 9.10. The first-order valence-electron chi connectivity index (χ1n) is 7.07. The highest BCUT2D eigenvalue weighted by molar-refractivity contribution is 5.29. The molecule has 0 saturated carbocycles. The largest absolute Gasteiger partial charge is 0.494 e. The molecular formula is C16H27NO. The van der Waals surface area contributed by atoms with Gasteiger partial charge in [0.25, 0.3) is 0 Å². The highest BCUT2D eigenvalue weighted by atomic mass is 16.5. The summed E-state index contributed by atoms with van der Waals surface area (Å²) in [5, 5.41) is 3.23. The highest BCUT2D eigenvalue weighted by Gasteiger charge is 2.03. The van der Waals surface area contributed by atoms with Gasteiger partial charge in [-0.25, -0.2) is 0 Å². The Labute approximate surface area is 112 Å². The minimum atomic E-state index is 0.571. The summed E-state index contributed by atoms with van der Waals surface area (Å²) in [4.78, 5) is 0. The third-order valence-corrected chi connectivity index (χ3v) is 3.60. The SMILES string of the molecule is CCC(C)c1ccc(OCCCC(C)NC)cc1. The topological polar surface area (TPSA) is 21.3 Å². The van der Waals surface area contributed by atoms with Crippen LogP contribution in [0.25, 0.3) is 0 Å². The lowest BCUT2D eigenvalue weighted by Gasteiger charge is -2.12. The zero-order chi connectivity index (χ0) is 13.4. The van der Waals surface area contributed by atoms with Crippen molar-refractivity contribution in [1.82, 2.24) is 5.32 Å². The Balaban J connectivity index is 2.31. The van der Waals surface area contributed by atoms with E-state index < -0.39 is 0 Å². The van der Waals surface area contributed by atoms with E-state index in [1.54, 1.807) is 0 Å². The predicted molar refractivity (Wildman–Crippen MR) is 78.4 cm³/mol. The van der Waals surface area contributed by atoms with Crippen molar-refractivity contribution in [2.75, 3.05) is 13.7 Å². The van der Waals surface area contributed by atoms with Crippen LogP contribution in [0.3, 0.4) is 0 Å². The molecule has 1 aromatic rings. The quantitative estimate of drug-likeness (QED) is 0.704. The summed E-state index contributed by atoms with van der Waals surface area (Å²) >= 11 is 0. The molecule has 0 spiro atoms. The zero-order valence-corrected chi connectivity index (χ0v) is 12.2. The van der Waals surface area contributed by atoms with Crippen LogP contribution in [-0.4, -0.2) is 19.7 Å². The van der Waals surface area contributed by atoms with Crippen molar-refractivity contribution in [2.24, 2.45) is 0 Å². The lowest BCUT2D eigenvalue weighted by atomic mass is 9.99. The highest BCUT2D eigenvalue weighted by Crippen LogP contribution is 2.21. The molecule has 0 aliphatic rings. The molecule has 1 rings (SSSR count). The summed E-state index contributed by atoms with van der Waals surface area (Å²) < 4.78 is 5.74. The van der Waals surface area contributed by atoms with E-state index >= 15 is 0 Å². The first-order chi connectivity index (χ1) is 8.67. The second-order valence-corrected chi connectivity index (χ2v) is 5.06. The second-order valence-electron chi connectivity index (χ2n) is 5.06. The molecule has 18 heavy (non-hydrogen) atoms. The second kappa shape index (κ2) is 8.15. The molecule has 0 bridgehead atoms. The van der Waals surface area contributed by atoms with E-state index in [-0.39, 0.29) is 0 Å². The van der Waals surface area contributed by atoms with E-state index in [0.29, 0.717) is 12.0 Å². The number of hydrogen-bond acceptors (Lipinski definition) is 2. The van der Waals surface area contributed by atoms with Crippen molar-refractivity contribution in [2.45, 2.75) is 52.0 Å². The average molecular weight is 249 g/mol. The van der Waals surface area contributed by atoms with E-state index in [4.69, 9.17) is 4.74 Å². The average Bonchev–Trinajstić information content (AvgIpc) is 2.43. The maximum absolute atomic E-state index is 5.74. The molecule has 1 N–H and O–H groups in total. The summed E-state index contributed by atoms with van der Waals surface area (Å²) in [5.74, 6) is 1.62. The molecule has 1 aromatic carbocycles. The van der Waals surface area contributed by atoms with Crippen molar-refractivity contribution in [3.05, 3.63) is 29.8 Å². The van der Waals surface area contributed by atoms with Crippen LogP contribution >= 0.6 is 0 Å². The standard InChI is InChI=1S/C16H27NO/c1-5-13(2)15-8-10-16(11-9-15)18-12-6-7-14(3)17-4/h8-11,13-14,17H,5-7,12H2,1-4H3. The Morgan fingerprint density at radius 2 is 1.83 bits per heavy atom. The van der Waals surface area contributed by atoms with Crippen molar-refractivity contribution in [1.29, 1.82) is 0 Å². The fourth-order valence-corrected chi connectivity index (χ4v) is 1.85. The monoisotopic (exact) mass is 249 g/mol. The van der Waals surface area contributed by atoms with Crippen LogP contribution in [0.1, 0.15) is 51.5 Å². The van der Waals surface area contributed by atoms with Crippen LogP contribution in [0, 0.1) is 0 Å². The number of hydrogen-bond donors (Lipinski definition) is 1. The molecule has 0 aliphatic carbocycles. The van der Waals surface area contributed by atoms with E-state index in [2.05, 4.69) is 50.4 Å². The fraction of sp³-hybridized carbons (Fsp3) is 0.625. The molecule has 0 saturated heterocycles. The van der Waals surface area contributed by atoms with Gasteiger partial charge in [-0.15, -0.1) is 0 Å². The van der Waals surface area contributed by atoms with E-state index in [0.717, 1.165) is 25.2 Å². The number of rotatable bonds is 8. The molecule has 2 heteroatoms. The summed E-state index contributed by atoms with van der Waals surface area (Å²) in [5.41, 5.74) is 1.40. The van der Waals surface area contributed by atoms with Crippen molar-refractivity contribution < 1.29 is 4.74 Å². The molecule has 0 radical (unpaired) electrons. The normalized spacial score (nSPS) is 14.2. The Bertz CT molecular complexity index is 320. The number of ether oxygens (including phenoxy) is 1. The van der Waals surface area contributed by atoms with Gasteiger partial charge in [0, 0.05) is 6.04 Å². The molecule has 2 unspecified atom stereocenters. The van der Waals surface area contributed by atoms with Gasteiger partial charge in [0.05, 0.1) is 6.61 Å². The maximum atomic E-state index is 5.74. The molecule has 0 aliphatic heterocycles. The number of benzene rings is 1. The molecule has 102 valence electrons. The predicted octanol–water partition coefficient (Wildman–Crippen LogP) is 3.97. The number of nitrogens with one attached hydrogen (secondary N) is 1. The minimum absolute atomic E-state index is 0.571. The van der Waals surface area contributed by atoms with E-state index in [9.17, 15) is 0 Å². The van der Waals surface area contributed by atoms with Gasteiger partial charge in [-0.1, -0.05) is 26.0 Å². The lowest BCUT2D eigenvalue weighted by Crippen LogP contribution is -2.21. The smallest absolute Gasteiger partial charge is 0.119 e. The van der Waals surface area contributed by atoms with Gasteiger partial charge in [-0.05, 0) is 56.8 Å². The molecule has 2 nitrogen and oxygen atoms in total. The molecule has 0 heterocycles. The first-order valence-corrected chi connectivity index (χ1v) is 7.07. The van der Waals surface area contributed by atoms with E-state index in [1.165, 1.54) is 12.0 Å². The fourth-order valence-electron chi connectivity index (χ4n) is 1.85. The lowest BCUT2D eigenvalue weighted by molar-refractivity contribution is 0.299. The third kappa shape index (κ3) is 5.09. The van der Waals surface area contributed by atoms with Crippen LogP contribution in [-0.2, 0) is 0 Å². The Morgan fingerprint density at radius 1 is 1.17 bits per heavy atom. The van der Waals surface area contributed by atoms with Crippen LogP contribution in [0.5, 0.6) is 5.75 Å². The molecule has 0 fully saturated rings. The van der Waals surface area contributed by atoms with Gasteiger partial charge >= 0.3 is 0 Å². The Kier molecular flexibility index (Phi) is 6.81. The van der Waals surface area contributed by atoms with Gasteiger partial charge in [0.15, 0.2) is 0 Å². The Morgan fingerprint density at radius 3 is 2.39 bits per heavy atom. The summed E-state index contributed by atoms with van der Waals surface area (Å²) in [6.07, 6.45) is 3.43. The van der Waals surface area contributed by atoms with E-state index in [1.807, 2.05) is 7.05 Å².